The molecule has 0 atom stereocenters. The summed E-state index contributed by atoms with van der Waals surface area (Å²) >= 11 is 0. The first-order chi connectivity index (χ1) is 12.8. The van der Waals surface area contributed by atoms with Crippen molar-refractivity contribution >= 4 is 6.08 Å². The molecule has 0 heteroatoms. The Labute approximate surface area is 157 Å². The van der Waals surface area contributed by atoms with Crippen molar-refractivity contribution in [3.05, 3.63) is 89.0 Å². The lowest BCUT2D eigenvalue weighted by Crippen LogP contribution is -1.94. The van der Waals surface area contributed by atoms with Crippen molar-refractivity contribution in [1.29, 1.82) is 0 Å². The summed E-state index contributed by atoms with van der Waals surface area (Å²) in [5, 5.41) is 0. The van der Waals surface area contributed by atoms with Crippen LogP contribution in [0.25, 0.3) is 28.3 Å². The SMILES string of the molecule is CCCCC1=Cc2c(ccc(-c3ccccc3)c2-c2ccccc2C)C1. The number of unbranched alkanes of at least 4 members (excludes halogenated alkanes) is 1. The van der Waals surface area contributed by atoms with Crippen LogP contribution >= 0.6 is 0 Å². The lowest BCUT2D eigenvalue weighted by atomic mass is 9.87. The van der Waals surface area contributed by atoms with Gasteiger partial charge < -0.3 is 0 Å². The summed E-state index contributed by atoms with van der Waals surface area (Å²) in [6.07, 6.45) is 7.35. The van der Waals surface area contributed by atoms with E-state index in [1.54, 1.807) is 5.57 Å². The number of hydrogen-bond donors (Lipinski definition) is 0. The Kier molecular flexibility index (Phi) is 4.75. The van der Waals surface area contributed by atoms with Crippen molar-refractivity contribution in [2.75, 3.05) is 0 Å². The topological polar surface area (TPSA) is 0 Å². The molecule has 0 aromatic heterocycles. The van der Waals surface area contributed by atoms with Crippen molar-refractivity contribution in [3.8, 4) is 22.3 Å². The number of allylic oxidation sites excluding steroid dienone is 1. The fourth-order valence-corrected chi connectivity index (χ4v) is 4.05. The first-order valence-corrected chi connectivity index (χ1v) is 9.74. The molecule has 0 spiro atoms. The minimum atomic E-state index is 1.11. The van der Waals surface area contributed by atoms with E-state index in [-0.39, 0.29) is 0 Å². The van der Waals surface area contributed by atoms with Gasteiger partial charge in [0.25, 0.3) is 0 Å². The van der Waals surface area contributed by atoms with Crippen molar-refractivity contribution in [2.45, 2.75) is 39.5 Å². The van der Waals surface area contributed by atoms with Gasteiger partial charge in [0.2, 0.25) is 0 Å². The maximum atomic E-state index is 2.47. The minimum Gasteiger partial charge on any atom is -0.0654 e. The van der Waals surface area contributed by atoms with E-state index in [1.807, 2.05) is 0 Å². The highest BCUT2D eigenvalue weighted by molar-refractivity contribution is 5.93. The van der Waals surface area contributed by atoms with Gasteiger partial charge in [0.15, 0.2) is 0 Å². The molecule has 0 aliphatic heterocycles. The number of fused-ring (bicyclic) bond motifs is 1. The largest absolute Gasteiger partial charge is 0.0654 e. The van der Waals surface area contributed by atoms with E-state index in [2.05, 4.69) is 86.7 Å². The maximum absolute atomic E-state index is 2.47. The Bertz CT molecular complexity index is 945. The summed E-state index contributed by atoms with van der Waals surface area (Å²) in [5.74, 6) is 0. The van der Waals surface area contributed by atoms with Gasteiger partial charge in [-0.2, -0.15) is 0 Å². The Morgan fingerprint density at radius 1 is 0.808 bits per heavy atom. The first-order valence-electron chi connectivity index (χ1n) is 9.74. The van der Waals surface area contributed by atoms with Crippen LogP contribution in [0.15, 0.2) is 72.3 Å². The van der Waals surface area contributed by atoms with Gasteiger partial charge in [0.05, 0.1) is 0 Å². The monoisotopic (exact) mass is 338 g/mol. The van der Waals surface area contributed by atoms with Gasteiger partial charge in [-0.1, -0.05) is 91.7 Å². The van der Waals surface area contributed by atoms with E-state index in [0.29, 0.717) is 0 Å². The molecule has 1 aliphatic carbocycles. The third kappa shape index (κ3) is 3.12. The van der Waals surface area contributed by atoms with Crippen LogP contribution in [0.4, 0.5) is 0 Å². The average molecular weight is 338 g/mol. The Morgan fingerprint density at radius 3 is 2.35 bits per heavy atom. The van der Waals surface area contributed by atoms with Gasteiger partial charge in [-0.15, -0.1) is 0 Å². The van der Waals surface area contributed by atoms with Gasteiger partial charge in [0, 0.05) is 0 Å². The van der Waals surface area contributed by atoms with Crippen molar-refractivity contribution < 1.29 is 0 Å². The second-order valence-corrected chi connectivity index (χ2v) is 7.32. The number of benzene rings is 3. The van der Waals surface area contributed by atoms with E-state index in [0.717, 1.165) is 6.42 Å². The highest BCUT2D eigenvalue weighted by Crippen LogP contribution is 2.42. The molecule has 0 saturated heterocycles. The normalized spacial score (nSPS) is 12.8. The lowest BCUT2D eigenvalue weighted by molar-refractivity contribution is 0.779. The molecule has 130 valence electrons. The zero-order chi connectivity index (χ0) is 17.9. The quantitative estimate of drug-likeness (QED) is 0.453. The van der Waals surface area contributed by atoms with Crippen molar-refractivity contribution in [1.82, 2.24) is 0 Å². The number of rotatable bonds is 5. The highest BCUT2D eigenvalue weighted by Gasteiger charge is 2.21. The first kappa shape index (κ1) is 16.8. The fraction of sp³-hybridized carbons (Fsp3) is 0.231. The molecule has 0 N–H and O–H groups in total. The van der Waals surface area contributed by atoms with Crippen molar-refractivity contribution in [2.24, 2.45) is 0 Å². The number of aryl methyl sites for hydroxylation is 1. The zero-order valence-electron chi connectivity index (χ0n) is 15.8. The van der Waals surface area contributed by atoms with Crippen LogP contribution in [0.2, 0.25) is 0 Å². The second kappa shape index (κ2) is 7.33. The molecular weight excluding hydrogens is 312 g/mol. The molecular formula is C26H26. The van der Waals surface area contributed by atoms with E-state index >= 15 is 0 Å². The third-order valence-corrected chi connectivity index (χ3v) is 5.45. The van der Waals surface area contributed by atoms with E-state index < -0.39 is 0 Å². The predicted molar refractivity (Wildman–Crippen MR) is 113 cm³/mol. The molecule has 0 amide bonds. The Balaban J connectivity index is 1.93. The van der Waals surface area contributed by atoms with Gasteiger partial charge in [-0.05, 0) is 65.1 Å². The number of hydrogen-bond acceptors (Lipinski definition) is 0. The molecule has 0 fully saturated rings. The molecule has 0 unspecified atom stereocenters. The molecule has 1 aliphatic rings. The molecule has 0 saturated carbocycles. The summed E-state index contributed by atoms with van der Waals surface area (Å²) < 4.78 is 0. The van der Waals surface area contributed by atoms with Crippen LogP contribution in [0.1, 0.15) is 42.9 Å². The standard InChI is InChI=1S/C26H26/c1-3-4-11-20-17-22-15-16-24(21-12-6-5-7-13-21)26(25(22)18-20)23-14-9-8-10-19(23)2/h5-10,12-16,18H,3-4,11,17H2,1-2H3. The van der Waals surface area contributed by atoms with Gasteiger partial charge in [-0.3, -0.25) is 0 Å². The Morgan fingerprint density at radius 2 is 1.58 bits per heavy atom. The van der Waals surface area contributed by atoms with E-state index in [9.17, 15) is 0 Å². The maximum Gasteiger partial charge on any atom is -0.00273 e. The molecule has 0 radical (unpaired) electrons. The van der Waals surface area contributed by atoms with Crippen LogP contribution < -0.4 is 0 Å². The predicted octanol–water partition coefficient (Wildman–Crippen LogP) is 7.46. The minimum absolute atomic E-state index is 1.11. The lowest BCUT2D eigenvalue weighted by Gasteiger charge is -2.17. The molecule has 0 nitrogen and oxygen atoms in total. The molecule has 4 rings (SSSR count). The second-order valence-electron chi connectivity index (χ2n) is 7.32. The fourth-order valence-electron chi connectivity index (χ4n) is 4.05. The summed E-state index contributed by atoms with van der Waals surface area (Å²) in [4.78, 5) is 0. The van der Waals surface area contributed by atoms with Crippen LogP contribution in [-0.2, 0) is 6.42 Å². The van der Waals surface area contributed by atoms with Crippen molar-refractivity contribution in [3.63, 3.8) is 0 Å². The van der Waals surface area contributed by atoms with Gasteiger partial charge >= 0.3 is 0 Å². The van der Waals surface area contributed by atoms with Gasteiger partial charge in [-0.25, -0.2) is 0 Å². The summed E-state index contributed by atoms with van der Waals surface area (Å²) in [7, 11) is 0. The van der Waals surface area contributed by atoms with E-state index in [1.165, 1.54) is 58.2 Å². The van der Waals surface area contributed by atoms with Gasteiger partial charge in [0.1, 0.15) is 0 Å². The summed E-state index contributed by atoms with van der Waals surface area (Å²) in [6.45, 7) is 4.50. The highest BCUT2D eigenvalue weighted by atomic mass is 14.2. The smallest absolute Gasteiger partial charge is 0.00273 e. The molecule has 3 aromatic rings. The average Bonchev–Trinajstić information content (AvgIpc) is 3.10. The van der Waals surface area contributed by atoms with E-state index in [4.69, 9.17) is 0 Å². The molecule has 0 heterocycles. The van der Waals surface area contributed by atoms with Crippen LogP contribution in [0, 0.1) is 6.92 Å². The van der Waals surface area contributed by atoms with Crippen LogP contribution in [-0.4, -0.2) is 0 Å². The van der Waals surface area contributed by atoms with Crippen LogP contribution in [0.3, 0.4) is 0 Å². The summed E-state index contributed by atoms with van der Waals surface area (Å²) in [6, 6.07) is 24.3. The Hall–Kier alpha value is -2.60. The van der Waals surface area contributed by atoms with Crippen LogP contribution in [0.5, 0.6) is 0 Å². The molecule has 3 aromatic carbocycles. The third-order valence-electron chi connectivity index (χ3n) is 5.45. The summed E-state index contributed by atoms with van der Waals surface area (Å²) in [5.41, 5.74) is 11.2. The molecule has 26 heavy (non-hydrogen) atoms. The zero-order valence-corrected chi connectivity index (χ0v) is 15.8. The molecule has 0 bridgehead atoms.